The lowest BCUT2D eigenvalue weighted by Crippen LogP contribution is -2.44. The molecule has 1 heterocycles. The summed E-state index contributed by atoms with van der Waals surface area (Å²) in [6.07, 6.45) is 4.89. The summed E-state index contributed by atoms with van der Waals surface area (Å²) in [5, 5.41) is 24.2. The first kappa shape index (κ1) is 30.2. The lowest BCUT2D eigenvalue weighted by atomic mass is 9.82. The number of aliphatic hydroxyl groups is 2. The fourth-order valence-electron chi connectivity index (χ4n) is 5.03. The molecule has 42 heavy (non-hydrogen) atoms. The maximum absolute atomic E-state index is 13.6. The Labute approximate surface area is 245 Å². The highest BCUT2D eigenvalue weighted by Gasteiger charge is 2.52. The molecule has 218 valence electrons. The number of amides is 3. The average Bonchev–Trinajstić information content (AvgIpc) is 3.20. The molecule has 0 saturated heterocycles. The Balaban J connectivity index is 1.54. The molecular weight excluding hydrogens is 532 g/mol. The fraction of sp³-hybridized carbons (Fsp3) is 0.242. The van der Waals surface area contributed by atoms with E-state index in [1.54, 1.807) is 72.5 Å². The van der Waals surface area contributed by atoms with Crippen LogP contribution in [0.2, 0.25) is 0 Å². The van der Waals surface area contributed by atoms with Crippen LogP contribution >= 0.6 is 0 Å². The third kappa shape index (κ3) is 6.43. The summed E-state index contributed by atoms with van der Waals surface area (Å²) >= 11 is 0. The Kier molecular flexibility index (Phi) is 9.57. The van der Waals surface area contributed by atoms with Gasteiger partial charge in [0.1, 0.15) is 0 Å². The molecule has 0 unspecified atom stereocenters. The van der Waals surface area contributed by atoms with Gasteiger partial charge in [0, 0.05) is 54.5 Å². The van der Waals surface area contributed by atoms with Gasteiger partial charge < -0.3 is 31.1 Å². The largest absolute Gasteiger partial charge is 0.399 e. The first-order valence-electron chi connectivity index (χ1n) is 13.7. The molecule has 0 fully saturated rings. The molecule has 0 bridgehead atoms. The van der Waals surface area contributed by atoms with Crippen molar-refractivity contribution in [3.05, 3.63) is 114 Å². The molecule has 0 aromatic heterocycles. The van der Waals surface area contributed by atoms with Crippen LogP contribution in [0.3, 0.4) is 0 Å². The molecule has 9 nitrogen and oxygen atoms in total. The van der Waals surface area contributed by atoms with E-state index in [1.807, 2.05) is 30.3 Å². The van der Waals surface area contributed by atoms with Gasteiger partial charge in [-0.15, -0.1) is 6.58 Å². The second-order valence-electron chi connectivity index (χ2n) is 10.2. The summed E-state index contributed by atoms with van der Waals surface area (Å²) in [7, 11) is 0. The van der Waals surface area contributed by atoms with Crippen molar-refractivity contribution in [2.24, 2.45) is 5.92 Å². The number of nitrogen functional groups attached to an aromatic ring is 1. The minimum atomic E-state index is -1.94. The number of rotatable bonds is 12. The highest BCUT2D eigenvalue weighted by atomic mass is 16.3. The smallest absolute Gasteiger partial charge is 0.264 e. The van der Waals surface area contributed by atoms with Gasteiger partial charge in [0.2, 0.25) is 5.91 Å². The summed E-state index contributed by atoms with van der Waals surface area (Å²) in [6.45, 7) is 6.01. The van der Waals surface area contributed by atoms with Crippen molar-refractivity contribution in [1.29, 1.82) is 0 Å². The molecule has 5 N–H and O–H groups in total. The Morgan fingerprint density at radius 3 is 2.50 bits per heavy atom. The first-order valence-corrected chi connectivity index (χ1v) is 13.7. The van der Waals surface area contributed by atoms with Crippen LogP contribution in [0.25, 0.3) is 0 Å². The van der Waals surface area contributed by atoms with Crippen LogP contribution in [0, 0.1) is 5.92 Å². The number of aliphatic hydroxyl groups excluding tert-OH is 1. The summed E-state index contributed by atoms with van der Waals surface area (Å²) in [5.41, 5.74) is 6.95. The number of benzene rings is 3. The zero-order valence-corrected chi connectivity index (χ0v) is 23.6. The Hall–Kier alpha value is -4.73. The maximum Gasteiger partial charge on any atom is 0.264 e. The molecule has 3 aromatic carbocycles. The quantitative estimate of drug-likeness (QED) is 0.194. The van der Waals surface area contributed by atoms with E-state index in [4.69, 9.17) is 5.73 Å². The molecule has 9 heteroatoms. The molecule has 0 radical (unpaired) electrons. The van der Waals surface area contributed by atoms with Crippen LogP contribution in [-0.4, -0.2) is 52.5 Å². The van der Waals surface area contributed by atoms with Crippen LogP contribution in [-0.2, 0) is 21.7 Å². The summed E-state index contributed by atoms with van der Waals surface area (Å²) < 4.78 is 0. The van der Waals surface area contributed by atoms with Gasteiger partial charge in [-0.25, -0.2) is 0 Å². The maximum atomic E-state index is 13.6. The van der Waals surface area contributed by atoms with Crippen molar-refractivity contribution in [1.82, 2.24) is 4.90 Å². The van der Waals surface area contributed by atoms with Crippen LogP contribution in [0.4, 0.5) is 17.1 Å². The number of nitrogens with one attached hydrogen (secondary N) is 1. The summed E-state index contributed by atoms with van der Waals surface area (Å²) in [6, 6.07) is 20.9. The minimum Gasteiger partial charge on any atom is -0.399 e. The topological polar surface area (TPSA) is 136 Å². The number of anilines is 3. The molecule has 2 atom stereocenters. The molecule has 3 amide bonds. The number of nitrogens with zero attached hydrogens (tertiary/aromatic N) is 2. The van der Waals surface area contributed by atoms with E-state index in [9.17, 15) is 24.6 Å². The Morgan fingerprint density at radius 1 is 1.12 bits per heavy atom. The third-order valence-corrected chi connectivity index (χ3v) is 7.33. The zero-order valence-electron chi connectivity index (χ0n) is 23.6. The van der Waals surface area contributed by atoms with E-state index in [1.165, 1.54) is 4.90 Å². The van der Waals surface area contributed by atoms with Gasteiger partial charge in [-0.2, -0.15) is 0 Å². The number of hydrogen-bond acceptors (Lipinski definition) is 6. The second-order valence-corrected chi connectivity index (χ2v) is 10.2. The fourth-order valence-corrected chi connectivity index (χ4v) is 5.03. The summed E-state index contributed by atoms with van der Waals surface area (Å²) in [4.78, 5) is 42.4. The van der Waals surface area contributed by atoms with Crippen LogP contribution < -0.4 is 16.0 Å². The molecule has 0 saturated carbocycles. The molecule has 3 aromatic rings. The van der Waals surface area contributed by atoms with Gasteiger partial charge in [0.15, 0.2) is 5.60 Å². The van der Waals surface area contributed by atoms with Gasteiger partial charge in [-0.05, 0) is 48.0 Å². The summed E-state index contributed by atoms with van der Waals surface area (Å²) in [5.74, 6) is -1.79. The molecule has 4 rings (SSSR count). The lowest BCUT2D eigenvalue weighted by molar-refractivity contribution is -0.139. The van der Waals surface area contributed by atoms with Gasteiger partial charge in [0.25, 0.3) is 11.8 Å². The Bertz CT molecular complexity index is 1470. The average molecular weight is 569 g/mol. The minimum absolute atomic E-state index is 0.0301. The van der Waals surface area contributed by atoms with Crippen molar-refractivity contribution < 1.29 is 24.6 Å². The van der Waals surface area contributed by atoms with Crippen LogP contribution in [0.1, 0.15) is 34.8 Å². The highest BCUT2D eigenvalue weighted by Crippen LogP contribution is 2.46. The molecule has 0 spiro atoms. The van der Waals surface area contributed by atoms with E-state index in [2.05, 4.69) is 11.9 Å². The van der Waals surface area contributed by atoms with Crippen molar-refractivity contribution in [2.75, 3.05) is 35.6 Å². The standard InChI is InChI=1S/C33H36N4O5/c1-3-18-37-29-17-16-27(35-31(40)25-12-14-26(34)15-13-25)21-28(29)33(42,32(37)41)23(2)8-7-11-30(39)36(19-20-38)22-24-9-5-4-6-10-24/h3-10,12-17,21,23,38,42H,1,11,18-20,22,34H2,2H3,(H,35,40)/b8-7+/t23-,33+/m0/s1. The first-order chi connectivity index (χ1) is 20.2. The number of hydrogen-bond donors (Lipinski definition) is 4. The Morgan fingerprint density at radius 2 is 1.83 bits per heavy atom. The van der Waals surface area contributed by atoms with Crippen molar-refractivity contribution in [3.63, 3.8) is 0 Å². The van der Waals surface area contributed by atoms with E-state index in [0.29, 0.717) is 34.7 Å². The van der Waals surface area contributed by atoms with Crippen LogP contribution in [0.5, 0.6) is 0 Å². The molecule has 1 aliphatic heterocycles. The number of fused-ring (bicyclic) bond motifs is 1. The van der Waals surface area contributed by atoms with Crippen molar-refractivity contribution in [2.45, 2.75) is 25.5 Å². The van der Waals surface area contributed by atoms with Gasteiger partial charge in [-0.3, -0.25) is 14.4 Å². The third-order valence-electron chi connectivity index (χ3n) is 7.33. The normalized spacial score (nSPS) is 16.7. The number of carbonyl (C=O) groups is 3. The van der Waals surface area contributed by atoms with Gasteiger partial charge in [-0.1, -0.05) is 55.5 Å². The lowest BCUT2D eigenvalue weighted by Gasteiger charge is -2.27. The molecule has 1 aliphatic rings. The van der Waals surface area contributed by atoms with E-state index < -0.39 is 17.4 Å². The monoisotopic (exact) mass is 568 g/mol. The highest BCUT2D eigenvalue weighted by molar-refractivity contribution is 6.09. The van der Waals surface area contributed by atoms with Gasteiger partial charge >= 0.3 is 0 Å². The van der Waals surface area contributed by atoms with E-state index in [-0.39, 0.29) is 37.9 Å². The predicted molar refractivity (Wildman–Crippen MR) is 164 cm³/mol. The van der Waals surface area contributed by atoms with E-state index in [0.717, 1.165) is 5.56 Å². The number of nitrogens with two attached hydrogens (primary N) is 1. The van der Waals surface area contributed by atoms with Crippen molar-refractivity contribution in [3.8, 4) is 0 Å². The van der Waals surface area contributed by atoms with Crippen LogP contribution in [0.15, 0.2) is 97.6 Å². The van der Waals surface area contributed by atoms with Crippen molar-refractivity contribution >= 4 is 34.8 Å². The van der Waals surface area contributed by atoms with E-state index >= 15 is 0 Å². The number of carbonyl (C=O) groups excluding carboxylic acids is 3. The molecule has 0 aliphatic carbocycles. The van der Waals surface area contributed by atoms with Gasteiger partial charge in [0.05, 0.1) is 12.3 Å². The second kappa shape index (κ2) is 13.3. The predicted octanol–water partition coefficient (Wildman–Crippen LogP) is 3.84. The SMILES string of the molecule is C=CCN1C(=O)[C@@](O)([C@@H](C)/C=C/CC(=O)N(CCO)Cc2ccccc2)c2cc(NC(=O)c3ccc(N)cc3)ccc21. The zero-order chi connectivity index (χ0) is 30.3. The molecular formula is C33H36N4O5.